The van der Waals surface area contributed by atoms with Crippen molar-refractivity contribution in [3.63, 3.8) is 0 Å². The fraction of sp³-hybridized carbons (Fsp3) is 0.556. The number of nitrogens with zero attached hydrogens (tertiary/aromatic N) is 2. The van der Waals surface area contributed by atoms with Crippen molar-refractivity contribution in [1.29, 1.82) is 0 Å². The summed E-state index contributed by atoms with van der Waals surface area (Å²) in [6, 6.07) is 1.87. The molecule has 13 heavy (non-hydrogen) atoms. The van der Waals surface area contributed by atoms with E-state index in [0.717, 1.165) is 12.4 Å². The Morgan fingerprint density at radius 3 is 3.00 bits per heavy atom. The summed E-state index contributed by atoms with van der Waals surface area (Å²) in [6.45, 7) is 3.14. The summed E-state index contributed by atoms with van der Waals surface area (Å²) in [4.78, 5) is 8.25. The van der Waals surface area contributed by atoms with Gasteiger partial charge in [-0.3, -0.25) is 0 Å². The highest BCUT2D eigenvalue weighted by molar-refractivity contribution is 5.38. The molecule has 4 heteroatoms. The Morgan fingerprint density at radius 1 is 1.46 bits per heavy atom. The van der Waals surface area contributed by atoms with E-state index < -0.39 is 0 Å². The summed E-state index contributed by atoms with van der Waals surface area (Å²) in [6.07, 6.45) is 4.10. The number of rotatable bonds is 5. The summed E-state index contributed by atoms with van der Waals surface area (Å²) < 4.78 is 0. The van der Waals surface area contributed by atoms with Gasteiger partial charge in [-0.2, -0.15) is 4.98 Å². The smallest absolute Gasteiger partial charge is 0.224 e. The van der Waals surface area contributed by atoms with Gasteiger partial charge in [0.1, 0.15) is 5.82 Å². The molecule has 0 saturated carbocycles. The predicted molar refractivity (Wildman–Crippen MR) is 55.0 cm³/mol. The molecule has 1 heterocycles. The molecule has 0 aromatic carbocycles. The molecule has 0 fully saturated rings. The molecule has 4 nitrogen and oxygen atoms in total. The number of hydrogen-bond donors (Lipinski definition) is 2. The van der Waals surface area contributed by atoms with Gasteiger partial charge in [0, 0.05) is 19.8 Å². The maximum Gasteiger partial charge on any atom is 0.224 e. The standard InChI is InChI=1S/C9H16N4/c1-3-4-6-11-8-5-7-12-9(10-2)13-8/h5,7H,3-4,6H2,1-2H3,(H2,10,11,12,13). The zero-order valence-corrected chi connectivity index (χ0v) is 8.17. The Kier molecular flexibility index (Phi) is 4.02. The van der Waals surface area contributed by atoms with E-state index in [1.165, 1.54) is 12.8 Å². The van der Waals surface area contributed by atoms with Crippen LogP contribution in [0.5, 0.6) is 0 Å². The number of nitrogens with one attached hydrogen (secondary N) is 2. The first-order chi connectivity index (χ1) is 6.36. The Bertz CT molecular complexity index is 249. The first kappa shape index (κ1) is 9.77. The van der Waals surface area contributed by atoms with E-state index in [4.69, 9.17) is 0 Å². The minimum absolute atomic E-state index is 0.654. The molecule has 0 spiro atoms. The van der Waals surface area contributed by atoms with Crippen molar-refractivity contribution >= 4 is 11.8 Å². The average molecular weight is 180 g/mol. The second-order valence-electron chi connectivity index (χ2n) is 2.80. The molecule has 0 bridgehead atoms. The third-order valence-corrected chi connectivity index (χ3v) is 1.72. The Morgan fingerprint density at radius 2 is 2.31 bits per heavy atom. The largest absolute Gasteiger partial charge is 0.370 e. The molecule has 72 valence electrons. The lowest BCUT2D eigenvalue weighted by Crippen LogP contribution is -2.04. The van der Waals surface area contributed by atoms with Gasteiger partial charge >= 0.3 is 0 Å². The lowest BCUT2D eigenvalue weighted by molar-refractivity contribution is 0.830. The van der Waals surface area contributed by atoms with Gasteiger partial charge in [0.05, 0.1) is 0 Å². The van der Waals surface area contributed by atoms with Gasteiger partial charge in [0.25, 0.3) is 0 Å². The summed E-state index contributed by atoms with van der Waals surface area (Å²) in [5, 5.41) is 6.12. The summed E-state index contributed by atoms with van der Waals surface area (Å²) >= 11 is 0. The van der Waals surface area contributed by atoms with Crippen molar-refractivity contribution in [1.82, 2.24) is 9.97 Å². The van der Waals surface area contributed by atoms with Gasteiger partial charge in [0.15, 0.2) is 0 Å². The van der Waals surface area contributed by atoms with Crippen molar-refractivity contribution in [2.75, 3.05) is 24.2 Å². The molecular weight excluding hydrogens is 164 g/mol. The fourth-order valence-corrected chi connectivity index (χ4v) is 0.971. The van der Waals surface area contributed by atoms with Crippen LogP contribution in [0.4, 0.5) is 11.8 Å². The lowest BCUT2D eigenvalue weighted by Gasteiger charge is -2.05. The minimum Gasteiger partial charge on any atom is -0.370 e. The van der Waals surface area contributed by atoms with E-state index in [1.54, 1.807) is 6.20 Å². The fourth-order valence-electron chi connectivity index (χ4n) is 0.971. The van der Waals surface area contributed by atoms with Crippen LogP contribution in [-0.2, 0) is 0 Å². The van der Waals surface area contributed by atoms with E-state index >= 15 is 0 Å². The normalized spacial score (nSPS) is 9.69. The Labute approximate surface area is 78.8 Å². The molecule has 1 rings (SSSR count). The van der Waals surface area contributed by atoms with Crippen LogP contribution in [0.25, 0.3) is 0 Å². The van der Waals surface area contributed by atoms with Gasteiger partial charge in [-0.15, -0.1) is 0 Å². The van der Waals surface area contributed by atoms with Gasteiger partial charge < -0.3 is 10.6 Å². The molecule has 0 amide bonds. The maximum absolute atomic E-state index is 4.23. The van der Waals surface area contributed by atoms with Crippen molar-refractivity contribution in [3.8, 4) is 0 Å². The van der Waals surface area contributed by atoms with E-state index in [2.05, 4.69) is 27.5 Å². The number of aromatic nitrogens is 2. The lowest BCUT2D eigenvalue weighted by atomic mass is 10.3. The summed E-state index contributed by atoms with van der Waals surface area (Å²) in [5.74, 6) is 1.54. The molecule has 1 aromatic rings. The molecule has 0 aliphatic carbocycles. The van der Waals surface area contributed by atoms with Crippen LogP contribution in [0, 0.1) is 0 Å². The third-order valence-electron chi connectivity index (χ3n) is 1.72. The molecule has 0 aliphatic rings. The van der Waals surface area contributed by atoms with Crippen molar-refractivity contribution < 1.29 is 0 Å². The quantitative estimate of drug-likeness (QED) is 0.677. The molecule has 0 saturated heterocycles. The van der Waals surface area contributed by atoms with E-state index in [-0.39, 0.29) is 0 Å². The first-order valence-corrected chi connectivity index (χ1v) is 4.61. The predicted octanol–water partition coefficient (Wildman–Crippen LogP) is 1.73. The number of hydrogen-bond acceptors (Lipinski definition) is 4. The molecule has 2 N–H and O–H groups in total. The van der Waals surface area contributed by atoms with Crippen molar-refractivity contribution in [3.05, 3.63) is 12.3 Å². The molecule has 1 aromatic heterocycles. The van der Waals surface area contributed by atoms with E-state index in [0.29, 0.717) is 5.95 Å². The zero-order valence-electron chi connectivity index (χ0n) is 8.17. The third kappa shape index (κ3) is 3.27. The zero-order chi connectivity index (χ0) is 9.52. The maximum atomic E-state index is 4.23. The van der Waals surface area contributed by atoms with Gasteiger partial charge in [-0.05, 0) is 12.5 Å². The van der Waals surface area contributed by atoms with Crippen LogP contribution in [0.2, 0.25) is 0 Å². The first-order valence-electron chi connectivity index (χ1n) is 4.61. The Balaban J connectivity index is 2.46. The average Bonchev–Trinajstić information content (AvgIpc) is 2.19. The van der Waals surface area contributed by atoms with Crippen LogP contribution in [0.15, 0.2) is 12.3 Å². The SMILES string of the molecule is CCCCNc1ccnc(NC)n1. The van der Waals surface area contributed by atoms with Crippen LogP contribution >= 0.6 is 0 Å². The van der Waals surface area contributed by atoms with Gasteiger partial charge in [-0.1, -0.05) is 13.3 Å². The monoisotopic (exact) mass is 180 g/mol. The molecule has 0 unspecified atom stereocenters. The van der Waals surface area contributed by atoms with Gasteiger partial charge in [-0.25, -0.2) is 4.98 Å². The molecule has 0 radical (unpaired) electrons. The summed E-state index contributed by atoms with van der Waals surface area (Å²) in [7, 11) is 1.81. The second-order valence-corrected chi connectivity index (χ2v) is 2.80. The van der Waals surface area contributed by atoms with Gasteiger partial charge in [0.2, 0.25) is 5.95 Å². The topological polar surface area (TPSA) is 49.8 Å². The number of unbranched alkanes of at least 4 members (excludes halogenated alkanes) is 1. The highest BCUT2D eigenvalue weighted by atomic mass is 15.1. The van der Waals surface area contributed by atoms with Crippen molar-refractivity contribution in [2.24, 2.45) is 0 Å². The van der Waals surface area contributed by atoms with E-state index in [1.807, 2.05) is 13.1 Å². The molecule has 0 aliphatic heterocycles. The second kappa shape index (κ2) is 5.35. The summed E-state index contributed by atoms with van der Waals surface area (Å²) in [5.41, 5.74) is 0. The Hall–Kier alpha value is -1.32. The van der Waals surface area contributed by atoms with Crippen LogP contribution < -0.4 is 10.6 Å². The molecule has 0 atom stereocenters. The van der Waals surface area contributed by atoms with Crippen molar-refractivity contribution in [2.45, 2.75) is 19.8 Å². The van der Waals surface area contributed by atoms with E-state index in [9.17, 15) is 0 Å². The van der Waals surface area contributed by atoms with Crippen LogP contribution in [-0.4, -0.2) is 23.6 Å². The number of anilines is 2. The van der Waals surface area contributed by atoms with Crippen LogP contribution in [0.1, 0.15) is 19.8 Å². The highest BCUT2D eigenvalue weighted by Crippen LogP contribution is 2.04. The highest BCUT2D eigenvalue weighted by Gasteiger charge is 1.94. The minimum atomic E-state index is 0.654. The van der Waals surface area contributed by atoms with Crippen LogP contribution in [0.3, 0.4) is 0 Å². The molecular formula is C9H16N4.